The quantitative estimate of drug-likeness (QED) is 0.138. The van der Waals surface area contributed by atoms with Crippen LogP contribution < -0.4 is 0 Å². The minimum absolute atomic E-state index is 0.619. The van der Waals surface area contributed by atoms with Crippen LogP contribution in [0.1, 0.15) is 0 Å². The molecule has 0 aliphatic carbocycles. The second-order valence-electron chi connectivity index (χ2n) is 16.2. The molecule has 0 bridgehead atoms. The third-order valence-corrected chi connectivity index (χ3v) is 12.0. The van der Waals surface area contributed by atoms with Crippen molar-refractivity contribution in [1.82, 2.24) is 19.9 Å². The van der Waals surface area contributed by atoms with Gasteiger partial charge in [0.15, 0.2) is 17.5 Å². The number of benzene rings is 9. The molecular formula is C62H42N4. The Hall–Kier alpha value is -8.86. The first-order valence-electron chi connectivity index (χ1n) is 22.2. The van der Waals surface area contributed by atoms with Crippen molar-refractivity contribution < 1.29 is 0 Å². The number of aromatic nitrogens is 4. The Balaban J connectivity index is 1.02. The van der Waals surface area contributed by atoms with Gasteiger partial charge in [0.1, 0.15) is 0 Å². The van der Waals surface area contributed by atoms with Crippen LogP contribution in [0.3, 0.4) is 0 Å². The van der Waals surface area contributed by atoms with E-state index in [-0.39, 0.29) is 0 Å². The Kier molecular flexibility index (Phi) is 10.9. The summed E-state index contributed by atoms with van der Waals surface area (Å²) >= 11 is 0. The van der Waals surface area contributed by atoms with Gasteiger partial charge in [0.25, 0.3) is 0 Å². The molecule has 0 saturated heterocycles. The molecule has 4 nitrogen and oxygen atoms in total. The summed E-state index contributed by atoms with van der Waals surface area (Å²) in [5.41, 5.74) is 17.9. The lowest BCUT2D eigenvalue weighted by Crippen LogP contribution is -2.01. The van der Waals surface area contributed by atoms with Crippen LogP contribution in [-0.4, -0.2) is 19.9 Å². The van der Waals surface area contributed by atoms with Crippen molar-refractivity contribution >= 4 is 0 Å². The molecule has 0 N–H and O–H groups in total. The molecule has 0 spiro atoms. The van der Waals surface area contributed by atoms with Crippen molar-refractivity contribution in [3.63, 3.8) is 0 Å². The molecule has 4 heteroatoms. The van der Waals surface area contributed by atoms with Crippen LogP contribution in [0.15, 0.2) is 255 Å². The molecule has 2 heterocycles. The minimum Gasteiger partial charge on any atom is -0.246 e. The van der Waals surface area contributed by atoms with E-state index in [1.54, 1.807) is 0 Å². The average Bonchev–Trinajstić information content (AvgIpc) is 3.42. The Morgan fingerprint density at radius 2 is 0.439 bits per heavy atom. The number of nitrogens with zero attached hydrogens (tertiary/aromatic N) is 4. The van der Waals surface area contributed by atoms with Crippen molar-refractivity contribution in [2.75, 3.05) is 0 Å². The zero-order chi connectivity index (χ0) is 44.1. The SMILES string of the molecule is c1ccc(-c2cccc(-c3nc(-c4ccccc4)nc(-c4ccc(-c5ccc(-c6c(-c7ccccc7)c(-c7ccccc7)nc(-c7ccccc7)c6-c6ccccc6)cc5)cc4)n3)c2)cc1. The van der Waals surface area contributed by atoms with Gasteiger partial charge in [0.05, 0.1) is 11.4 Å². The first-order valence-corrected chi connectivity index (χ1v) is 22.2. The van der Waals surface area contributed by atoms with Gasteiger partial charge in [-0.3, -0.25) is 0 Å². The van der Waals surface area contributed by atoms with Crippen LogP contribution in [0, 0.1) is 0 Å². The predicted molar refractivity (Wildman–Crippen MR) is 272 cm³/mol. The Labute approximate surface area is 385 Å². The van der Waals surface area contributed by atoms with Gasteiger partial charge in [-0.25, -0.2) is 19.9 Å². The highest BCUT2D eigenvalue weighted by Crippen LogP contribution is 2.49. The standard InChI is InChI=1S/C62H42N4/c1-7-20-43(21-8-1)53-32-19-33-54(42-53)62-65-60(51-30-17-6-18-31-51)64-61(66-62)52-40-36-45(37-41-52)44-34-38-48(39-35-44)55-56(46-22-9-2-10-23-46)58(49-26-13-4-14-27-49)63-59(50-28-15-5-16-29-50)57(55)47-24-11-3-12-25-47/h1-42H. The monoisotopic (exact) mass is 842 g/mol. The summed E-state index contributed by atoms with van der Waals surface area (Å²) in [6.07, 6.45) is 0. The van der Waals surface area contributed by atoms with Crippen molar-refractivity contribution in [3.05, 3.63) is 255 Å². The fraction of sp³-hybridized carbons (Fsp3) is 0. The maximum Gasteiger partial charge on any atom is 0.164 e. The smallest absolute Gasteiger partial charge is 0.164 e. The van der Waals surface area contributed by atoms with Crippen LogP contribution in [0.4, 0.5) is 0 Å². The van der Waals surface area contributed by atoms with Crippen LogP contribution in [0.5, 0.6) is 0 Å². The second-order valence-corrected chi connectivity index (χ2v) is 16.2. The van der Waals surface area contributed by atoms with Crippen LogP contribution in [-0.2, 0) is 0 Å². The molecule has 0 saturated carbocycles. The van der Waals surface area contributed by atoms with E-state index in [2.05, 4.69) is 218 Å². The number of hydrogen-bond donors (Lipinski definition) is 0. The van der Waals surface area contributed by atoms with E-state index in [1.807, 2.05) is 36.4 Å². The molecule has 310 valence electrons. The molecule has 0 aliphatic heterocycles. The molecule has 66 heavy (non-hydrogen) atoms. The Bertz CT molecular complexity index is 3300. The third-order valence-electron chi connectivity index (χ3n) is 12.0. The van der Waals surface area contributed by atoms with Gasteiger partial charge in [0.2, 0.25) is 0 Å². The Morgan fingerprint density at radius 3 is 0.879 bits per heavy atom. The van der Waals surface area contributed by atoms with Crippen LogP contribution in [0.2, 0.25) is 0 Å². The summed E-state index contributed by atoms with van der Waals surface area (Å²) in [6.45, 7) is 0. The van der Waals surface area contributed by atoms with Crippen molar-refractivity contribution in [2.24, 2.45) is 0 Å². The van der Waals surface area contributed by atoms with Crippen molar-refractivity contribution in [3.8, 4) is 112 Å². The lowest BCUT2D eigenvalue weighted by molar-refractivity contribution is 1.07. The molecule has 0 unspecified atom stereocenters. The lowest BCUT2D eigenvalue weighted by atomic mass is 9.83. The molecular weight excluding hydrogens is 801 g/mol. The van der Waals surface area contributed by atoms with Gasteiger partial charge < -0.3 is 0 Å². The fourth-order valence-electron chi connectivity index (χ4n) is 8.72. The van der Waals surface area contributed by atoms with E-state index >= 15 is 0 Å². The molecule has 0 amide bonds. The molecule has 9 aromatic carbocycles. The fourth-order valence-corrected chi connectivity index (χ4v) is 8.72. The Morgan fingerprint density at radius 1 is 0.167 bits per heavy atom. The number of pyridine rings is 1. The summed E-state index contributed by atoms with van der Waals surface area (Å²) < 4.78 is 0. The van der Waals surface area contributed by atoms with E-state index in [4.69, 9.17) is 19.9 Å². The summed E-state index contributed by atoms with van der Waals surface area (Å²) in [5.74, 6) is 1.88. The number of rotatable bonds is 10. The largest absolute Gasteiger partial charge is 0.246 e. The molecule has 0 atom stereocenters. The maximum atomic E-state index is 5.60. The molecule has 11 rings (SSSR count). The normalized spacial score (nSPS) is 11.0. The zero-order valence-corrected chi connectivity index (χ0v) is 36.0. The van der Waals surface area contributed by atoms with Gasteiger partial charge in [0, 0.05) is 44.5 Å². The minimum atomic E-state index is 0.619. The molecule has 11 aromatic rings. The van der Waals surface area contributed by atoms with Gasteiger partial charge in [-0.15, -0.1) is 0 Å². The molecule has 0 aliphatic rings. The zero-order valence-electron chi connectivity index (χ0n) is 36.0. The molecule has 2 aromatic heterocycles. The van der Waals surface area contributed by atoms with Gasteiger partial charge in [-0.2, -0.15) is 0 Å². The highest BCUT2D eigenvalue weighted by atomic mass is 15.0. The van der Waals surface area contributed by atoms with Crippen LogP contribution in [0.25, 0.3) is 112 Å². The third kappa shape index (κ3) is 8.11. The summed E-state index contributed by atoms with van der Waals surface area (Å²) in [6, 6.07) is 88.9. The number of hydrogen-bond acceptors (Lipinski definition) is 4. The summed E-state index contributed by atoms with van der Waals surface area (Å²) in [7, 11) is 0. The first-order chi connectivity index (χ1) is 32.7. The highest BCUT2D eigenvalue weighted by molar-refractivity contribution is 6.05. The van der Waals surface area contributed by atoms with Crippen molar-refractivity contribution in [1.29, 1.82) is 0 Å². The van der Waals surface area contributed by atoms with Gasteiger partial charge in [-0.05, 0) is 45.0 Å². The van der Waals surface area contributed by atoms with E-state index in [0.29, 0.717) is 17.5 Å². The molecule has 0 radical (unpaired) electrons. The summed E-state index contributed by atoms with van der Waals surface area (Å²) in [5, 5.41) is 0. The highest BCUT2D eigenvalue weighted by Gasteiger charge is 2.25. The van der Waals surface area contributed by atoms with Gasteiger partial charge in [-0.1, -0.05) is 249 Å². The van der Waals surface area contributed by atoms with Gasteiger partial charge >= 0.3 is 0 Å². The second kappa shape index (κ2) is 18.1. The first kappa shape index (κ1) is 40.0. The topological polar surface area (TPSA) is 51.6 Å². The lowest BCUT2D eigenvalue weighted by Gasteiger charge is -2.23. The van der Waals surface area contributed by atoms with E-state index in [0.717, 1.165) is 94.8 Å². The summed E-state index contributed by atoms with van der Waals surface area (Å²) in [4.78, 5) is 20.7. The molecule has 0 fully saturated rings. The van der Waals surface area contributed by atoms with E-state index < -0.39 is 0 Å². The van der Waals surface area contributed by atoms with E-state index in [9.17, 15) is 0 Å². The van der Waals surface area contributed by atoms with Crippen molar-refractivity contribution in [2.45, 2.75) is 0 Å². The predicted octanol–water partition coefficient (Wildman–Crippen LogP) is 15.9. The van der Waals surface area contributed by atoms with E-state index in [1.165, 1.54) is 0 Å². The maximum absolute atomic E-state index is 5.60. The van der Waals surface area contributed by atoms with Crippen LogP contribution >= 0.6 is 0 Å². The average molecular weight is 843 g/mol.